The maximum absolute atomic E-state index is 12.6. The van der Waals surface area contributed by atoms with Gasteiger partial charge in [-0.2, -0.15) is 0 Å². The highest BCUT2D eigenvalue weighted by Crippen LogP contribution is 2.40. The minimum absolute atomic E-state index is 0.0956. The Bertz CT molecular complexity index is 836. The number of ketones is 1. The predicted octanol–water partition coefficient (Wildman–Crippen LogP) is 3.10. The van der Waals surface area contributed by atoms with E-state index in [9.17, 15) is 14.7 Å². The van der Waals surface area contributed by atoms with Crippen LogP contribution in [0.1, 0.15) is 37.0 Å². The van der Waals surface area contributed by atoms with Gasteiger partial charge in [-0.25, -0.2) is 0 Å². The number of aliphatic hydroxyl groups is 1. The highest BCUT2D eigenvalue weighted by molar-refractivity contribution is 6.09. The number of aromatic nitrogens is 1. The molecule has 0 aliphatic carbocycles. The van der Waals surface area contributed by atoms with Crippen molar-refractivity contribution >= 4 is 11.7 Å². The minimum atomic E-state index is -0.740. The van der Waals surface area contributed by atoms with Gasteiger partial charge in [-0.15, -0.1) is 0 Å². The van der Waals surface area contributed by atoms with Crippen LogP contribution in [-0.4, -0.2) is 26.7 Å². The molecule has 25 heavy (non-hydrogen) atoms. The van der Waals surface area contributed by atoms with Gasteiger partial charge >= 0.3 is 0 Å². The van der Waals surface area contributed by atoms with Crippen LogP contribution in [0.3, 0.4) is 0 Å². The fourth-order valence-electron chi connectivity index (χ4n) is 2.96. The lowest BCUT2D eigenvalue weighted by Crippen LogP contribution is -2.31. The van der Waals surface area contributed by atoms with Crippen LogP contribution < -0.4 is 0 Å². The lowest BCUT2D eigenvalue weighted by Gasteiger charge is -2.25. The van der Waals surface area contributed by atoms with Crippen molar-refractivity contribution < 1.29 is 19.1 Å². The van der Waals surface area contributed by atoms with Gasteiger partial charge in [-0.05, 0) is 30.7 Å². The highest BCUT2D eigenvalue weighted by atomic mass is 16.3. The van der Waals surface area contributed by atoms with E-state index in [0.29, 0.717) is 11.5 Å². The van der Waals surface area contributed by atoms with Crippen LogP contribution >= 0.6 is 0 Å². The van der Waals surface area contributed by atoms with E-state index in [4.69, 9.17) is 4.42 Å². The number of hydrogen-bond donors (Lipinski definition) is 1. The maximum atomic E-state index is 12.6. The molecule has 0 saturated heterocycles. The molecule has 3 rings (SSSR count). The summed E-state index contributed by atoms with van der Waals surface area (Å²) in [5, 5.41) is 10.4. The second kappa shape index (κ2) is 6.55. The van der Waals surface area contributed by atoms with Crippen LogP contribution in [0.25, 0.3) is 0 Å². The summed E-state index contributed by atoms with van der Waals surface area (Å²) in [5.41, 5.74) is 0.897. The summed E-state index contributed by atoms with van der Waals surface area (Å²) in [7, 11) is 0. The molecule has 0 saturated carbocycles. The van der Waals surface area contributed by atoms with Crippen molar-refractivity contribution in [3.8, 4) is 0 Å². The first-order valence-electron chi connectivity index (χ1n) is 8.13. The third-order valence-electron chi connectivity index (χ3n) is 4.20. The van der Waals surface area contributed by atoms with Gasteiger partial charge in [0, 0.05) is 24.9 Å². The van der Waals surface area contributed by atoms with Gasteiger partial charge < -0.3 is 14.4 Å². The zero-order valence-corrected chi connectivity index (χ0v) is 14.4. The van der Waals surface area contributed by atoms with Crippen LogP contribution in [0.5, 0.6) is 0 Å². The molecule has 1 atom stereocenters. The van der Waals surface area contributed by atoms with Crippen molar-refractivity contribution in [2.24, 2.45) is 5.92 Å². The van der Waals surface area contributed by atoms with E-state index < -0.39 is 17.7 Å². The van der Waals surface area contributed by atoms with Gasteiger partial charge in [0.25, 0.3) is 5.91 Å². The zero-order valence-electron chi connectivity index (χ0n) is 14.4. The van der Waals surface area contributed by atoms with Crippen molar-refractivity contribution in [3.05, 3.63) is 65.1 Å². The molecular weight excluding hydrogens is 320 g/mol. The summed E-state index contributed by atoms with van der Waals surface area (Å²) in [6, 6.07) is 6.38. The lowest BCUT2D eigenvalue weighted by molar-refractivity contribution is -0.130. The van der Waals surface area contributed by atoms with Crippen LogP contribution in [0, 0.1) is 12.8 Å². The molecule has 6 nitrogen and oxygen atoms in total. The van der Waals surface area contributed by atoms with Crippen molar-refractivity contribution in [1.82, 2.24) is 9.88 Å². The number of pyridine rings is 1. The van der Waals surface area contributed by atoms with Crippen LogP contribution in [-0.2, 0) is 16.1 Å². The first kappa shape index (κ1) is 17.0. The standard InChI is InChI=1S/C19H20N2O4/c1-11(2)17(22)15-16(14-7-6-12(3)25-14)21(19(24)18(15)23)10-13-5-4-8-20-9-13/h4-9,11,16,23H,10H2,1-3H3. The number of amides is 1. The fraction of sp³-hybridized carbons (Fsp3) is 0.316. The number of carbonyl (C=O) groups excluding carboxylic acids is 2. The first-order valence-corrected chi connectivity index (χ1v) is 8.13. The molecule has 6 heteroatoms. The van der Waals surface area contributed by atoms with Gasteiger partial charge in [0.15, 0.2) is 11.5 Å². The molecule has 3 heterocycles. The molecular formula is C19H20N2O4. The molecule has 0 fully saturated rings. The average molecular weight is 340 g/mol. The third-order valence-corrected chi connectivity index (χ3v) is 4.20. The quantitative estimate of drug-likeness (QED) is 0.904. The van der Waals surface area contributed by atoms with E-state index in [0.717, 1.165) is 5.56 Å². The maximum Gasteiger partial charge on any atom is 0.290 e. The van der Waals surface area contributed by atoms with Crippen LogP contribution in [0.4, 0.5) is 0 Å². The Labute approximate surface area is 145 Å². The summed E-state index contributed by atoms with van der Waals surface area (Å²) in [6.07, 6.45) is 3.29. The van der Waals surface area contributed by atoms with E-state index in [1.54, 1.807) is 51.4 Å². The van der Waals surface area contributed by atoms with E-state index in [1.165, 1.54) is 4.90 Å². The molecule has 1 amide bonds. The van der Waals surface area contributed by atoms with E-state index >= 15 is 0 Å². The van der Waals surface area contributed by atoms with Crippen molar-refractivity contribution in [2.45, 2.75) is 33.4 Å². The Kier molecular flexibility index (Phi) is 4.44. The molecule has 1 N–H and O–H groups in total. The number of rotatable bonds is 5. The van der Waals surface area contributed by atoms with Gasteiger partial charge in [-0.1, -0.05) is 19.9 Å². The second-order valence-electron chi connectivity index (χ2n) is 6.43. The SMILES string of the molecule is Cc1ccc(C2C(C(=O)C(C)C)=C(O)C(=O)N2Cc2cccnc2)o1. The van der Waals surface area contributed by atoms with Gasteiger partial charge in [0.2, 0.25) is 0 Å². The van der Waals surface area contributed by atoms with Crippen molar-refractivity contribution in [3.63, 3.8) is 0 Å². The molecule has 0 spiro atoms. The Morgan fingerprint density at radius 2 is 2.12 bits per heavy atom. The zero-order chi connectivity index (χ0) is 18.1. The van der Waals surface area contributed by atoms with Crippen molar-refractivity contribution in [2.75, 3.05) is 0 Å². The molecule has 2 aromatic rings. The largest absolute Gasteiger partial charge is 0.503 e. The molecule has 0 aromatic carbocycles. The molecule has 0 bridgehead atoms. The number of nitrogens with zero attached hydrogens (tertiary/aromatic N) is 2. The second-order valence-corrected chi connectivity index (χ2v) is 6.43. The summed E-state index contributed by atoms with van der Waals surface area (Å²) < 4.78 is 5.69. The summed E-state index contributed by atoms with van der Waals surface area (Å²) in [5.74, 6) is -0.553. The molecule has 1 unspecified atom stereocenters. The molecule has 1 aliphatic heterocycles. The van der Waals surface area contributed by atoms with E-state index in [-0.39, 0.29) is 23.8 Å². The topological polar surface area (TPSA) is 83.6 Å². The minimum Gasteiger partial charge on any atom is -0.503 e. The molecule has 0 radical (unpaired) electrons. The van der Waals surface area contributed by atoms with Crippen molar-refractivity contribution in [1.29, 1.82) is 0 Å². The highest BCUT2D eigenvalue weighted by Gasteiger charge is 2.45. The summed E-state index contributed by atoms with van der Waals surface area (Å²) in [4.78, 5) is 30.8. The summed E-state index contributed by atoms with van der Waals surface area (Å²) in [6.45, 7) is 5.48. The third kappa shape index (κ3) is 3.07. The van der Waals surface area contributed by atoms with Crippen LogP contribution in [0.15, 0.2) is 52.4 Å². The monoisotopic (exact) mass is 340 g/mol. The molecule has 130 valence electrons. The number of aryl methyl sites for hydroxylation is 1. The van der Waals surface area contributed by atoms with Gasteiger partial charge in [0.05, 0.1) is 5.57 Å². The van der Waals surface area contributed by atoms with E-state index in [1.807, 2.05) is 6.07 Å². The average Bonchev–Trinajstić information content (AvgIpc) is 3.11. The Morgan fingerprint density at radius 3 is 2.68 bits per heavy atom. The van der Waals surface area contributed by atoms with Crippen LogP contribution in [0.2, 0.25) is 0 Å². The number of hydrogen-bond acceptors (Lipinski definition) is 5. The van der Waals surface area contributed by atoms with E-state index in [2.05, 4.69) is 4.98 Å². The number of aliphatic hydroxyl groups excluding tert-OH is 1. The van der Waals surface area contributed by atoms with Gasteiger partial charge in [-0.3, -0.25) is 14.6 Å². The Morgan fingerprint density at radius 1 is 1.36 bits per heavy atom. The lowest BCUT2D eigenvalue weighted by atomic mass is 9.94. The number of Topliss-reactive ketones (excluding diaryl/α,β-unsaturated/α-hetero) is 1. The fourth-order valence-corrected chi connectivity index (χ4v) is 2.96. The van der Waals surface area contributed by atoms with Gasteiger partial charge in [0.1, 0.15) is 17.6 Å². The Balaban J connectivity index is 2.05. The smallest absolute Gasteiger partial charge is 0.290 e. The Hall–Kier alpha value is -2.89. The molecule has 1 aliphatic rings. The first-order chi connectivity index (χ1) is 11.9. The number of carbonyl (C=O) groups is 2. The normalized spacial score (nSPS) is 17.7. The summed E-state index contributed by atoms with van der Waals surface area (Å²) >= 11 is 0. The predicted molar refractivity (Wildman–Crippen MR) is 90.5 cm³/mol. The number of furan rings is 1. The molecule has 2 aromatic heterocycles.